The SMILES string of the molecule is NCCOc1nc2ccsc2n2cccc12. The standard InChI is InChI=1S/C11H11N3OS/c12-4-6-15-10-9-2-1-5-14(9)11-8(13-10)3-7-16-11/h1-3,5,7H,4,6,12H2. The molecule has 0 aliphatic carbocycles. The summed E-state index contributed by atoms with van der Waals surface area (Å²) in [7, 11) is 0. The molecule has 16 heavy (non-hydrogen) atoms. The zero-order chi connectivity index (χ0) is 11.0. The van der Waals surface area contributed by atoms with Crippen LogP contribution in [-0.2, 0) is 0 Å². The highest BCUT2D eigenvalue weighted by Crippen LogP contribution is 2.27. The van der Waals surface area contributed by atoms with E-state index in [0.29, 0.717) is 19.0 Å². The molecule has 5 heteroatoms. The average molecular weight is 233 g/mol. The zero-order valence-corrected chi connectivity index (χ0v) is 9.41. The van der Waals surface area contributed by atoms with Crippen LogP contribution in [0.4, 0.5) is 0 Å². The molecule has 0 saturated carbocycles. The Morgan fingerprint density at radius 1 is 1.44 bits per heavy atom. The number of hydrogen-bond acceptors (Lipinski definition) is 4. The van der Waals surface area contributed by atoms with Crippen LogP contribution >= 0.6 is 11.3 Å². The lowest BCUT2D eigenvalue weighted by atomic mass is 10.4. The van der Waals surface area contributed by atoms with Gasteiger partial charge in [0.25, 0.3) is 0 Å². The van der Waals surface area contributed by atoms with E-state index in [4.69, 9.17) is 10.5 Å². The van der Waals surface area contributed by atoms with Gasteiger partial charge in [0.05, 0.1) is 0 Å². The van der Waals surface area contributed by atoms with E-state index in [2.05, 4.69) is 9.38 Å². The molecule has 0 atom stereocenters. The van der Waals surface area contributed by atoms with Gasteiger partial charge in [-0.25, -0.2) is 4.98 Å². The summed E-state index contributed by atoms with van der Waals surface area (Å²) < 4.78 is 7.65. The average Bonchev–Trinajstić information content (AvgIpc) is 2.92. The third-order valence-corrected chi connectivity index (χ3v) is 3.29. The van der Waals surface area contributed by atoms with E-state index in [1.165, 1.54) is 0 Å². The number of thiophene rings is 1. The molecule has 0 aromatic carbocycles. The molecule has 0 fully saturated rings. The highest BCUT2D eigenvalue weighted by Gasteiger charge is 2.09. The summed E-state index contributed by atoms with van der Waals surface area (Å²) in [6.07, 6.45) is 2.02. The van der Waals surface area contributed by atoms with Gasteiger partial charge in [0.2, 0.25) is 5.88 Å². The molecule has 0 spiro atoms. The molecule has 0 saturated heterocycles. The van der Waals surface area contributed by atoms with E-state index in [9.17, 15) is 0 Å². The molecule has 3 aromatic heterocycles. The molecule has 0 aliphatic heterocycles. The number of nitrogens with two attached hydrogens (primary N) is 1. The number of rotatable bonds is 3. The third-order valence-electron chi connectivity index (χ3n) is 2.39. The van der Waals surface area contributed by atoms with Crippen molar-refractivity contribution in [3.8, 4) is 5.88 Å². The first-order chi connectivity index (χ1) is 7.90. The molecule has 0 bridgehead atoms. The molecule has 3 heterocycles. The van der Waals surface area contributed by atoms with Crippen LogP contribution < -0.4 is 10.5 Å². The Morgan fingerprint density at radius 3 is 3.25 bits per heavy atom. The predicted octanol–water partition coefficient (Wildman–Crippen LogP) is 1.89. The Labute approximate surface area is 96.3 Å². The minimum atomic E-state index is 0.490. The van der Waals surface area contributed by atoms with Crippen molar-refractivity contribution in [1.82, 2.24) is 9.38 Å². The second-order valence-electron chi connectivity index (χ2n) is 3.43. The third kappa shape index (κ3) is 1.36. The fraction of sp³-hybridized carbons (Fsp3) is 0.182. The normalized spacial score (nSPS) is 11.3. The van der Waals surface area contributed by atoms with Crippen LogP contribution in [-0.4, -0.2) is 22.5 Å². The highest BCUT2D eigenvalue weighted by molar-refractivity contribution is 7.16. The summed E-state index contributed by atoms with van der Waals surface area (Å²) in [5.41, 5.74) is 7.38. The van der Waals surface area contributed by atoms with E-state index < -0.39 is 0 Å². The molecule has 0 amide bonds. The number of ether oxygens (including phenoxy) is 1. The second kappa shape index (κ2) is 3.77. The minimum absolute atomic E-state index is 0.490. The van der Waals surface area contributed by atoms with Gasteiger partial charge in [-0.1, -0.05) is 0 Å². The van der Waals surface area contributed by atoms with E-state index in [-0.39, 0.29) is 0 Å². The zero-order valence-electron chi connectivity index (χ0n) is 8.59. The maximum atomic E-state index is 5.55. The summed E-state index contributed by atoms with van der Waals surface area (Å²) in [4.78, 5) is 5.62. The van der Waals surface area contributed by atoms with Crippen LogP contribution in [0.25, 0.3) is 15.9 Å². The van der Waals surface area contributed by atoms with Gasteiger partial charge in [-0.05, 0) is 23.6 Å². The lowest BCUT2D eigenvalue weighted by Crippen LogP contribution is -2.11. The maximum Gasteiger partial charge on any atom is 0.239 e. The lowest BCUT2D eigenvalue weighted by Gasteiger charge is -2.06. The molecule has 3 rings (SSSR count). The van der Waals surface area contributed by atoms with Crippen molar-refractivity contribution in [3.05, 3.63) is 29.8 Å². The van der Waals surface area contributed by atoms with Gasteiger partial charge >= 0.3 is 0 Å². The minimum Gasteiger partial charge on any atom is -0.475 e. The number of hydrogen-bond donors (Lipinski definition) is 1. The van der Waals surface area contributed by atoms with Gasteiger partial charge < -0.3 is 14.9 Å². The van der Waals surface area contributed by atoms with Gasteiger partial charge in [0, 0.05) is 12.7 Å². The van der Waals surface area contributed by atoms with Gasteiger partial charge in [-0.2, -0.15) is 0 Å². The summed E-state index contributed by atoms with van der Waals surface area (Å²) in [6, 6.07) is 5.98. The summed E-state index contributed by atoms with van der Waals surface area (Å²) in [5, 5.41) is 2.03. The van der Waals surface area contributed by atoms with Crippen molar-refractivity contribution in [2.24, 2.45) is 5.73 Å². The van der Waals surface area contributed by atoms with Gasteiger partial charge in [-0.15, -0.1) is 11.3 Å². The number of fused-ring (bicyclic) bond motifs is 3. The Balaban J connectivity index is 2.26. The second-order valence-corrected chi connectivity index (χ2v) is 4.32. The van der Waals surface area contributed by atoms with Crippen LogP contribution in [0.2, 0.25) is 0 Å². The van der Waals surface area contributed by atoms with E-state index >= 15 is 0 Å². The van der Waals surface area contributed by atoms with Crippen LogP contribution in [0.1, 0.15) is 0 Å². The monoisotopic (exact) mass is 233 g/mol. The lowest BCUT2D eigenvalue weighted by molar-refractivity contribution is 0.320. The van der Waals surface area contributed by atoms with Crippen molar-refractivity contribution in [2.45, 2.75) is 0 Å². The largest absolute Gasteiger partial charge is 0.475 e. The molecular formula is C11H11N3OS. The summed E-state index contributed by atoms with van der Waals surface area (Å²) >= 11 is 1.67. The fourth-order valence-corrected chi connectivity index (χ4v) is 2.55. The maximum absolute atomic E-state index is 5.55. The van der Waals surface area contributed by atoms with Crippen LogP contribution in [0.15, 0.2) is 29.8 Å². The molecule has 3 aromatic rings. The van der Waals surface area contributed by atoms with E-state index in [0.717, 1.165) is 15.9 Å². The van der Waals surface area contributed by atoms with Crippen molar-refractivity contribution >= 4 is 27.2 Å². The Bertz CT molecular complexity index is 628. The summed E-state index contributed by atoms with van der Waals surface area (Å²) in [5.74, 6) is 0.654. The van der Waals surface area contributed by atoms with Crippen molar-refractivity contribution in [2.75, 3.05) is 13.2 Å². The number of aromatic nitrogens is 2. The quantitative estimate of drug-likeness (QED) is 0.751. The molecule has 2 N–H and O–H groups in total. The molecule has 82 valence electrons. The smallest absolute Gasteiger partial charge is 0.239 e. The molecule has 0 aliphatic rings. The molecular weight excluding hydrogens is 222 g/mol. The van der Waals surface area contributed by atoms with Crippen LogP contribution in [0.5, 0.6) is 5.88 Å². The van der Waals surface area contributed by atoms with Crippen molar-refractivity contribution in [1.29, 1.82) is 0 Å². The topological polar surface area (TPSA) is 52.5 Å². The number of nitrogens with zero attached hydrogens (tertiary/aromatic N) is 2. The first kappa shape index (κ1) is 9.62. The van der Waals surface area contributed by atoms with E-state index in [1.54, 1.807) is 11.3 Å². The van der Waals surface area contributed by atoms with Crippen LogP contribution in [0, 0.1) is 0 Å². The predicted molar refractivity (Wildman–Crippen MR) is 65.1 cm³/mol. The van der Waals surface area contributed by atoms with Gasteiger partial charge in [0.15, 0.2) is 0 Å². The van der Waals surface area contributed by atoms with Gasteiger partial charge in [-0.3, -0.25) is 0 Å². The first-order valence-corrected chi connectivity index (χ1v) is 5.95. The van der Waals surface area contributed by atoms with Crippen molar-refractivity contribution < 1.29 is 4.74 Å². The summed E-state index contributed by atoms with van der Waals surface area (Å²) in [6.45, 7) is 0.986. The first-order valence-electron chi connectivity index (χ1n) is 5.07. The van der Waals surface area contributed by atoms with E-state index in [1.807, 2.05) is 29.8 Å². The Morgan fingerprint density at radius 2 is 2.38 bits per heavy atom. The Hall–Kier alpha value is -1.59. The van der Waals surface area contributed by atoms with Crippen LogP contribution in [0.3, 0.4) is 0 Å². The van der Waals surface area contributed by atoms with Crippen molar-refractivity contribution in [3.63, 3.8) is 0 Å². The Kier molecular flexibility index (Phi) is 2.27. The molecule has 0 radical (unpaired) electrons. The fourth-order valence-electron chi connectivity index (χ4n) is 1.72. The van der Waals surface area contributed by atoms with Gasteiger partial charge in [0.1, 0.15) is 22.5 Å². The molecule has 4 nitrogen and oxygen atoms in total. The highest BCUT2D eigenvalue weighted by atomic mass is 32.1. The molecule has 0 unspecified atom stereocenters.